The van der Waals surface area contributed by atoms with E-state index in [2.05, 4.69) is 21.2 Å². The molecule has 0 aromatic heterocycles. The zero-order valence-electron chi connectivity index (χ0n) is 11.1. The Morgan fingerprint density at radius 2 is 2.00 bits per heavy atom. The molecule has 1 rings (SSSR count). The molecule has 20 heavy (non-hydrogen) atoms. The van der Waals surface area contributed by atoms with Gasteiger partial charge in [-0.25, -0.2) is 8.78 Å². The molecule has 114 valence electrons. The number of hydrogen-bond donors (Lipinski definition) is 1. The molecule has 7 heteroatoms. The van der Waals surface area contributed by atoms with Crippen LogP contribution in [0.15, 0.2) is 22.7 Å². The summed E-state index contributed by atoms with van der Waals surface area (Å²) in [5, 5.41) is 3.11. The number of ether oxygens (including phenoxy) is 1. The Bertz CT molecular complexity index is 442. The average molecular weight is 358 g/mol. The van der Waals surface area contributed by atoms with Crippen LogP contribution in [0.5, 0.6) is 5.75 Å². The second-order valence-electron chi connectivity index (χ2n) is 4.31. The summed E-state index contributed by atoms with van der Waals surface area (Å²) in [6, 6.07) is 4.79. The van der Waals surface area contributed by atoms with E-state index in [1.807, 2.05) is 13.8 Å². The van der Waals surface area contributed by atoms with Gasteiger partial charge in [0.2, 0.25) is 0 Å². The van der Waals surface area contributed by atoms with Crippen LogP contribution in [0.25, 0.3) is 0 Å². The highest BCUT2D eigenvalue weighted by molar-refractivity contribution is 9.10. The first-order valence-corrected chi connectivity index (χ1v) is 6.88. The molecule has 1 aromatic carbocycles. The van der Waals surface area contributed by atoms with Crippen LogP contribution in [0.1, 0.15) is 25.5 Å². The van der Waals surface area contributed by atoms with Crippen LogP contribution >= 0.6 is 15.9 Å². The molecule has 0 saturated heterocycles. The molecule has 0 aliphatic rings. The molecule has 1 unspecified atom stereocenters. The maximum Gasteiger partial charge on any atom is 0.340 e. The van der Waals surface area contributed by atoms with Crippen molar-refractivity contribution in [3.8, 4) is 5.75 Å². The summed E-state index contributed by atoms with van der Waals surface area (Å²) in [5.74, 6) is -4.01. The normalized spacial score (nSPS) is 13.6. The Kier molecular flexibility index (Phi) is 6.26. The minimum absolute atomic E-state index is 0.136. The van der Waals surface area contributed by atoms with Crippen molar-refractivity contribution in [2.24, 2.45) is 0 Å². The van der Waals surface area contributed by atoms with E-state index < -0.39 is 19.0 Å². The number of nitrogens with one attached hydrogen (secondary N) is 1. The van der Waals surface area contributed by atoms with Gasteiger partial charge >= 0.3 is 12.3 Å². The molecule has 1 N–H and O–H groups in total. The first-order chi connectivity index (χ1) is 9.27. The van der Waals surface area contributed by atoms with Crippen LogP contribution < -0.4 is 10.1 Å². The zero-order valence-corrected chi connectivity index (χ0v) is 12.7. The van der Waals surface area contributed by atoms with Crippen molar-refractivity contribution >= 4 is 15.9 Å². The molecule has 0 heterocycles. The number of alkyl halides is 4. The first kappa shape index (κ1) is 17.2. The SMILES string of the molecule is CCNC(C)c1ccc(Br)cc1OCC(F)(F)C(F)F. The van der Waals surface area contributed by atoms with Crippen molar-refractivity contribution in [1.29, 1.82) is 0 Å². The molecule has 1 aromatic rings. The number of halogens is 5. The lowest BCUT2D eigenvalue weighted by Gasteiger charge is -2.21. The summed E-state index contributed by atoms with van der Waals surface area (Å²) in [6.07, 6.45) is -3.75. The van der Waals surface area contributed by atoms with Crippen LogP contribution in [0.4, 0.5) is 17.6 Å². The molecular formula is C13H16BrF4NO. The summed E-state index contributed by atoms with van der Waals surface area (Å²) in [7, 11) is 0. The molecule has 0 fully saturated rings. The first-order valence-electron chi connectivity index (χ1n) is 6.09. The average Bonchev–Trinajstić information content (AvgIpc) is 2.36. The number of hydrogen-bond acceptors (Lipinski definition) is 2. The molecule has 0 bridgehead atoms. The molecule has 0 saturated carbocycles. The fourth-order valence-corrected chi connectivity index (χ4v) is 1.98. The van der Waals surface area contributed by atoms with Gasteiger partial charge in [0.1, 0.15) is 5.75 Å². The fourth-order valence-electron chi connectivity index (χ4n) is 1.64. The summed E-state index contributed by atoms with van der Waals surface area (Å²) < 4.78 is 55.6. The van der Waals surface area contributed by atoms with E-state index in [4.69, 9.17) is 4.74 Å². The van der Waals surface area contributed by atoms with Crippen molar-refractivity contribution < 1.29 is 22.3 Å². The molecule has 0 aliphatic carbocycles. The minimum atomic E-state index is -4.17. The van der Waals surface area contributed by atoms with Crippen LogP contribution in [0.3, 0.4) is 0 Å². The standard InChI is InChI=1S/C13H16BrF4NO/c1-3-19-8(2)10-5-4-9(14)6-11(10)20-7-13(17,18)12(15)16/h4-6,8,12,19H,3,7H2,1-2H3. The van der Waals surface area contributed by atoms with E-state index >= 15 is 0 Å². The Labute approximate surface area is 123 Å². The highest BCUT2D eigenvalue weighted by Crippen LogP contribution is 2.31. The van der Waals surface area contributed by atoms with Crippen LogP contribution in [0.2, 0.25) is 0 Å². The smallest absolute Gasteiger partial charge is 0.340 e. The maximum atomic E-state index is 12.9. The monoisotopic (exact) mass is 357 g/mol. The van der Waals surface area contributed by atoms with E-state index in [0.717, 1.165) is 0 Å². The summed E-state index contributed by atoms with van der Waals surface area (Å²) >= 11 is 3.20. The summed E-state index contributed by atoms with van der Waals surface area (Å²) in [6.45, 7) is 3.07. The predicted molar refractivity (Wildman–Crippen MR) is 72.7 cm³/mol. The molecule has 0 spiro atoms. The van der Waals surface area contributed by atoms with Gasteiger partial charge in [-0.1, -0.05) is 28.9 Å². The second kappa shape index (κ2) is 7.26. The van der Waals surface area contributed by atoms with Crippen molar-refractivity contribution in [3.05, 3.63) is 28.2 Å². The molecule has 0 amide bonds. The molecule has 0 radical (unpaired) electrons. The molecule has 0 aliphatic heterocycles. The van der Waals surface area contributed by atoms with Crippen molar-refractivity contribution in [3.63, 3.8) is 0 Å². The van der Waals surface area contributed by atoms with E-state index in [1.165, 1.54) is 6.07 Å². The number of benzene rings is 1. The van der Waals surface area contributed by atoms with Gasteiger partial charge in [0.15, 0.2) is 6.61 Å². The van der Waals surface area contributed by atoms with Gasteiger partial charge < -0.3 is 10.1 Å². The van der Waals surface area contributed by atoms with Crippen LogP contribution in [-0.4, -0.2) is 25.5 Å². The quantitative estimate of drug-likeness (QED) is 0.730. The molecule has 2 nitrogen and oxygen atoms in total. The van der Waals surface area contributed by atoms with Crippen molar-refractivity contribution in [2.75, 3.05) is 13.2 Å². The Balaban J connectivity index is 2.90. The highest BCUT2D eigenvalue weighted by Gasteiger charge is 2.41. The highest BCUT2D eigenvalue weighted by atomic mass is 79.9. The maximum absolute atomic E-state index is 12.9. The second-order valence-corrected chi connectivity index (χ2v) is 5.23. The van der Waals surface area contributed by atoms with Crippen LogP contribution in [0, 0.1) is 0 Å². The largest absolute Gasteiger partial charge is 0.487 e. The lowest BCUT2D eigenvalue weighted by molar-refractivity contribution is -0.148. The van der Waals surface area contributed by atoms with Gasteiger partial charge in [-0.15, -0.1) is 0 Å². The number of rotatable bonds is 7. The van der Waals surface area contributed by atoms with E-state index in [1.54, 1.807) is 12.1 Å². The van der Waals surface area contributed by atoms with Gasteiger partial charge in [-0.2, -0.15) is 8.78 Å². The lowest BCUT2D eigenvalue weighted by atomic mass is 10.1. The topological polar surface area (TPSA) is 21.3 Å². The van der Waals surface area contributed by atoms with Crippen molar-refractivity contribution in [1.82, 2.24) is 5.32 Å². The molecule has 1 atom stereocenters. The van der Waals surface area contributed by atoms with Crippen LogP contribution in [-0.2, 0) is 0 Å². The Morgan fingerprint density at radius 1 is 1.35 bits per heavy atom. The van der Waals surface area contributed by atoms with Gasteiger partial charge in [0.25, 0.3) is 0 Å². The van der Waals surface area contributed by atoms with E-state index in [0.29, 0.717) is 16.6 Å². The predicted octanol–water partition coefficient (Wildman–Crippen LogP) is 4.40. The van der Waals surface area contributed by atoms with E-state index in [9.17, 15) is 17.6 Å². The fraction of sp³-hybridized carbons (Fsp3) is 0.538. The molecular weight excluding hydrogens is 342 g/mol. The minimum Gasteiger partial charge on any atom is -0.487 e. The van der Waals surface area contributed by atoms with Gasteiger partial charge in [0.05, 0.1) is 0 Å². The van der Waals surface area contributed by atoms with Crippen molar-refractivity contribution in [2.45, 2.75) is 32.2 Å². The third kappa shape index (κ3) is 4.63. The third-order valence-corrected chi connectivity index (χ3v) is 3.19. The summed E-state index contributed by atoms with van der Waals surface area (Å²) in [4.78, 5) is 0. The Morgan fingerprint density at radius 3 is 2.55 bits per heavy atom. The zero-order chi connectivity index (χ0) is 15.3. The summed E-state index contributed by atoms with van der Waals surface area (Å²) in [5.41, 5.74) is 0.639. The van der Waals surface area contributed by atoms with Gasteiger partial charge in [-0.3, -0.25) is 0 Å². The van der Waals surface area contributed by atoms with Gasteiger partial charge in [-0.05, 0) is 25.6 Å². The van der Waals surface area contributed by atoms with Gasteiger partial charge in [0, 0.05) is 16.1 Å². The Hall–Kier alpha value is -0.820. The van der Waals surface area contributed by atoms with E-state index in [-0.39, 0.29) is 11.8 Å². The lowest BCUT2D eigenvalue weighted by Crippen LogP contribution is -2.34. The third-order valence-electron chi connectivity index (χ3n) is 2.69.